The molecule has 3 aliphatic rings. The number of methoxy groups -OCH3 is 1. The van der Waals surface area contributed by atoms with Gasteiger partial charge in [-0.2, -0.15) is 0 Å². The minimum Gasteiger partial charge on any atom is -0.494 e. The van der Waals surface area contributed by atoms with Gasteiger partial charge in [0.2, 0.25) is 0 Å². The lowest BCUT2D eigenvalue weighted by Crippen LogP contribution is -2.39. The summed E-state index contributed by atoms with van der Waals surface area (Å²) >= 11 is 0. The van der Waals surface area contributed by atoms with Crippen LogP contribution in [0.25, 0.3) is 0 Å². The summed E-state index contributed by atoms with van der Waals surface area (Å²) in [7, 11) is 1.70. The van der Waals surface area contributed by atoms with E-state index in [4.69, 9.17) is 18.9 Å². The fraction of sp³-hybridized carbons (Fsp3) is 0.607. The highest BCUT2D eigenvalue weighted by atomic mass is 16.5. The Bertz CT molecular complexity index is 887. The number of fused-ring (bicyclic) bond motifs is 3. The molecule has 33 heavy (non-hydrogen) atoms. The van der Waals surface area contributed by atoms with Gasteiger partial charge in [0.25, 0.3) is 0 Å². The maximum atomic E-state index is 12.6. The van der Waals surface area contributed by atoms with E-state index in [1.165, 1.54) is 0 Å². The van der Waals surface area contributed by atoms with E-state index >= 15 is 0 Å². The molecule has 1 fully saturated rings. The van der Waals surface area contributed by atoms with Gasteiger partial charge in [-0.3, -0.25) is 4.79 Å². The smallest absolute Gasteiger partial charge is 0.133 e. The minimum absolute atomic E-state index is 0.0268. The van der Waals surface area contributed by atoms with E-state index in [0.717, 1.165) is 67.1 Å². The van der Waals surface area contributed by atoms with Crippen LogP contribution in [0.1, 0.15) is 75.8 Å². The number of carbonyl (C=O) groups is 1. The molecule has 4 rings (SSSR count). The van der Waals surface area contributed by atoms with E-state index < -0.39 is 0 Å². The van der Waals surface area contributed by atoms with Gasteiger partial charge in [-0.25, -0.2) is 0 Å². The molecular formula is C28H38O5. The number of rotatable bonds is 11. The standard InChI is InChI=1S/C28H38O5/c1-4-6-12-31-22-10-8-19(9-11-22)27-25-16-21(29)15-24(25)26-17-23(32-13-7-5-2)14-20(18-30-3)28(26)33-27/h8,10-11,14,17,19,24-25,27H,4-7,9,12-13,15-16,18H2,1-3H3/t19?,24-,25+,27+/m1/s1. The Morgan fingerprint density at radius 3 is 2.55 bits per heavy atom. The Kier molecular flexibility index (Phi) is 8.13. The van der Waals surface area contributed by atoms with Crippen LogP contribution >= 0.6 is 0 Å². The SMILES string of the molecule is CCCCOC1=CCC([C@@H]2Oc3c(COC)cc(OCCCC)cc3[C@@H]3CC(=O)C[C@@H]32)C=C1. The van der Waals surface area contributed by atoms with Crippen molar-refractivity contribution in [2.24, 2.45) is 11.8 Å². The van der Waals surface area contributed by atoms with Gasteiger partial charge in [0, 0.05) is 48.8 Å². The lowest BCUT2D eigenvalue weighted by molar-refractivity contribution is -0.117. The highest BCUT2D eigenvalue weighted by molar-refractivity contribution is 5.83. The summed E-state index contributed by atoms with van der Waals surface area (Å²) in [6.07, 6.45) is 12.8. The Hall–Kier alpha value is -2.27. The second-order valence-corrected chi connectivity index (χ2v) is 9.50. The molecule has 0 radical (unpaired) electrons. The van der Waals surface area contributed by atoms with Crippen molar-refractivity contribution in [3.63, 3.8) is 0 Å². The van der Waals surface area contributed by atoms with Crippen LogP contribution in [0, 0.1) is 11.8 Å². The van der Waals surface area contributed by atoms with Gasteiger partial charge in [-0.1, -0.05) is 32.8 Å². The normalized spacial score (nSPS) is 25.8. The zero-order valence-electron chi connectivity index (χ0n) is 20.3. The number of unbranched alkanes of at least 4 members (excludes halogenated alkanes) is 2. The molecule has 1 aromatic carbocycles. The maximum absolute atomic E-state index is 12.6. The second kappa shape index (κ2) is 11.2. The molecule has 2 aliphatic carbocycles. The monoisotopic (exact) mass is 454 g/mol. The van der Waals surface area contributed by atoms with Crippen molar-refractivity contribution < 1.29 is 23.7 Å². The molecule has 1 aromatic rings. The summed E-state index contributed by atoms with van der Waals surface area (Å²) in [5.41, 5.74) is 2.12. The number of allylic oxidation sites excluding steroid dienone is 2. The predicted octanol–water partition coefficient (Wildman–Crippen LogP) is 6.11. The molecule has 1 aliphatic heterocycles. The van der Waals surface area contributed by atoms with Crippen molar-refractivity contribution in [3.8, 4) is 11.5 Å². The first-order valence-corrected chi connectivity index (χ1v) is 12.6. The summed E-state index contributed by atoms with van der Waals surface area (Å²) in [6, 6.07) is 4.15. The van der Waals surface area contributed by atoms with Crippen LogP contribution in [-0.4, -0.2) is 32.2 Å². The van der Waals surface area contributed by atoms with Crippen molar-refractivity contribution in [2.75, 3.05) is 20.3 Å². The Morgan fingerprint density at radius 2 is 1.85 bits per heavy atom. The van der Waals surface area contributed by atoms with Crippen LogP contribution in [0.3, 0.4) is 0 Å². The summed E-state index contributed by atoms with van der Waals surface area (Å²) in [5, 5.41) is 0. The molecule has 0 amide bonds. The summed E-state index contributed by atoms with van der Waals surface area (Å²) in [6.45, 7) is 6.23. The molecule has 1 unspecified atom stereocenters. The Labute approximate surface area is 198 Å². The highest BCUT2D eigenvalue weighted by Gasteiger charge is 2.47. The largest absolute Gasteiger partial charge is 0.494 e. The fourth-order valence-corrected chi connectivity index (χ4v) is 5.28. The number of carbonyl (C=O) groups excluding carboxylic acids is 1. The van der Waals surface area contributed by atoms with Gasteiger partial charge in [0.05, 0.1) is 19.8 Å². The molecule has 1 heterocycles. The van der Waals surface area contributed by atoms with Crippen LogP contribution in [-0.2, 0) is 20.9 Å². The first-order valence-electron chi connectivity index (χ1n) is 12.6. The molecule has 5 nitrogen and oxygen atoms in total. The molecule has 180 valence electrons. The van der Waals surface area contributed by atoms with Crippen LogP contribution in [0.5, 0.6) is 11.5 Å². The van der Waals surface area contributed by atoms with Crippen molar-refractivity contribution in [1.29, 1.82) is 0 Å². The van der Waals surface area contributed by atoms with Gasteiger partial charge in [0.15, 0.2) is 0 Å². The molecule has 0 saturated heterocycles. The first-order chi connectivity index (χ1) is 16.1. The molecule has 0 aromatic heterocycles. The lowest BCUT2D eigenvalue weighted by atomic mass is 9.76. The zero-order chi connectivity index (χ0) is 23.2. The van der Waals surface area contributed by atoms with Gasteiger partial charge in [0.1, 0.15) is 29.1 Å². The van der Waals surface area contributed by atoms with Gasteiger partial charge < -0.3 is 18.9 Å². The van der Waals surface area contributed by atoms with Gasteiger partial charge in [-0.05, 0) is 43.5 Å². The third-order valence-corrected chi connectivity index (χ3v) is 7.03. The summed E-state index contributed by atoms with van der Waals surface area (Å²) in [5.74, 6) is 3.62. The van der Waals surface area contributed by atoms with E-state index in [-0.39, 0.29) is 23.9 Å². The molecule has 0 N–H and O–H groups in total. The molecular weight excluding hydrogens is 416 g/mol. The fourth-order valence-electron chi connectivity index (χ4n) is 5.28. The summed E-state index contributed by atoms with van der Waals surface area (Å²) < 4.78 is 24.1. The maximum Gasteiger partial charge on any atom is 0.133 e. The number of Topliss-reactive ketones (excluding diaryl/α,β-unsaturated/α-hetero) is 1. The predicted molar refractivity (Wildman–Crippen MR) is 129 cm³/mol. The number of benzene rings is 1. The van der Waals surface area contributed by atoms with Gasteiger partial charge >= 0.3 is 0 Å². The van der Waals surface area contributed by atoms with E-state index in [0.29, 0.717) is 31.8 Å². The minimum atomic E-state index is -0.0268. The third-order valence-electron chi connectivity index (χ3n) is 7.03. The number of ether oxygens (including phenoxy) is 4. The number of hydrogen-bond acceptors (Lipinski definition) is 5. The molecule has 1 saturated carbocycles. The van der Waals surface area contributed by atoms with Crippen molar-refractivity contribution in [3.05, 3.63) is 47.2 Å². The molecule has 0 spiro atoms. The summed E-state index contributed by atoms with van der Waals surface area (Å²) in [4.78, 5) is 12.6. The van der Waals surface area contributed by atoms with Crippen molar-refractivity contribution >= 4 is 5.78 Å². The molecule has 0 bridgehead atoms. The van der Waals surface area contributed by atoms with E-state index in [1.54, 1.807) is 7.11 Å². The lowest BCUT2D eigenvalue weighted by Gasteiger charge is -2.40. The van der Waals surface area contributed by atoms with Crippen molar-refractivity contribution in [1.82, 2.24) is 0 Å². The quantitative estimate of drug-likeness (QED) is 0.378. The highest BCUT2D eigenvalue weighted by Crippen LogP contribution is 2.52. The Balaban J connectivity index is 1.58. The van der Waals surface area contributed by atoms with Crippen LogP contribution in [0.15, 0.2) is 36.1 Å². The average molecular weight is 455 g/mol. The van der Waals surface area contributed by atoms with E-state index in [1.807, 2.05) is 6.07 Å². The third kappa shape index (κ3) is 5.46. The first kappa shape index (κ1) is 23.9. The van der Waals surface area contributed by atoms with Crippen LogP contribution in [0.4, 0.5) is 0 Å². The van der Waals surface area contributed by atoms with Gasteiger partial charge in [-0.15, -0.1) is 0 Å². The topological polar surface area (TPSA) is 54.0 Å². The number of hydrogen-bond donors (Lipinski definition) is 0. The van der Waals surface area contributed by atoms with Crippen LogP contribution in [0.2, 0.25) is 0 Å². The second-order valence-electron chi connectivity index (χ2n) is 9.50. The number of ketones is 1. The van der Waals surface area contributed by atoms with Crippen molar-refractivity contribution in [2.45, 2.75) is 77.4 Å². The Morgan fingerprint density at radius 1 is 1.06 bits per heavy atom. The molecule has 4 atom stereocenters. The van der Waals surface area contributed by atoms with Crippen LogP contribution < -0.4 is 9.47 Å². The van der Waals surface area contributed by atoms with E-state index in [9.17, 15) is 4.79 Å². The van der Waals surface area contributed by atoms with E-state index in [2.05, 4.69) is 38.1 Å². The zero-order valence-corrected chi connectivity index (χ0v) is 20.3. The average Bonchev–Trinajstić information content (AvgIpc) is 3.21. The molecule has 5 heteroatoms.